The zero-order chi connectivity index (χ0) is 16.4. The number of halogens is 2. The predicted molar refractivity (Wildman–Crippen MR) is 105 cm³/mol. The van der Waals surface area contributed by atoms with Crippen LogP contribution in [0.3, 0.4) is 0 Å². The first-order chi connectivity index (χ1) is 10.9. The van der Waals surface area contributed by atoms with Crippen LogP contribution in [0.25, 0.3) is 0 Å². The highest BCUT2D eigenvalue weighted by Crippen LogP contribution is 2.66. The number of carbonyl (C=O) groups excluding carboxylic acids is 2. The van der Waals surface area contributed by atoms with Crippen molar-refractivity contribution in [3.63, 3.8) is 0 Å². The Labute approximate surface area is 164 Å². The Morgan fingerprint density at radius 2 is 1.72 bits per heavy atom. The van der Waals surface area contributed by atoms with Gasteiger partial charge in [-0.3, -0.25) is 9.59 Å². The average Bonchev–Trinajstić information content (AvgIpc) is 2.85. The van der Waals surface area contributed by atoms with Gasteiger partial charge in [0.05, 0.1) is 0 Å². The highest BCUT2D eigenvalue weighted by Gasteiger charge is 2.59. The van der Waals surface area contributed by atoms with Crippen LogP contribution in [0.15, 0.2) is 11.6 Å². The van der Waals surface area contributed by atoms with Crippen molar-refractivity contribution in [1.29, 1.82) is 0 Å². The van der Waals surface area contributed by atoms with E-state index < -0.39 is 0 Å². The SMILES string of the molecule is CC(=O)[C@H]1CC[C@H]2[C@@H]3CCC4=CC(=O)CC[C@]4(C)[C@H]3CC[C@]12C.Cl.Cl. The third-order valence-corrected chi connectivity index (χ3v) is 8.45. The van der Waals surface area contributed by atoms with Crippen LogP contribution in [0, 0.1) is 34.5 Å². The fourth-order valence-electron chi connectivity index (χ4n) is 7.23. The van der Waals surface area contributed by atoms with Crippen LogP contribution in [0.4, 0.5) is 0 Å². The van der Waals surface area contributed by atoms with E-state index in [0.717, 1.165) is 43.4 Å². The Kier molecular flexibility index (Phi) is 5.87. The molecule has 0 amide bonds. The summed E-state index contributed by atoms with van der Waals surface area (Å²) in [5.41, 5.74) is 1.95. The van der Waals surface area contributed by atoms with Gasteiger partial charge in [0.1, 0.15) is 5.78 Å². The number of Topliss-reactive ketones (excluding diaryl/α,β-unsaturated/α-hetero) is 1. The smallest absolute Gasteiger partial charge is 0.155 e. The van der Waals surface area contributed by atoms with Crippen molar-refractivity contribution in [2.45, 2.75) is 72.1 Å². The number of carbonyl (C=O) groups is 2. The molecule has 4 heteroatoms. The summed E-state index contributed by atoms with van der Waals surface area (Å²) in [6, 6.07) is 0. The fourth-order valence-corrected chi connectivity index (χ4v) is 7.23. The lowest BCUT2D eigenvalue weighted by Crippen LogP contribution is -2.51. The Hall–Kier alpha value is -0.340. The first-order valence-electron chi connectivity index (χ1n) is 9.60. The van der Waals surface area contributed by atoms with Crippen molar-refractivity contribution in [1.82, 2.24) is 0 Å². The zero-order valence-corrected chi connectivity index (χ0v) is 17.3. The maximum Gasteiger partial charge on any atom is 0.155 e. The highest BCUT2D eigenvalue weighted by atomic mass is 35.5. The maximum absolute atomic E-state index is 12.1. The number of hydrogen-bond donors (Lipinski definition) is 0. The van der Waals surface area contributed by atoms with Crippen LogP contribution in [0.2, 0.25) is 0 Å². The Morgan fingerprint density at radius 3 is 2.40 bits per heavy atom. The van der Waals surface area contributed by atoms with Crippen LogP contribution >= 0.6 is 24.8 Å². The van der Waals surface area contributed by atoms with E-state index in [0.29, 0.717) is 17.5 Å². The van der Waals surface area contributed by atoms with Gasteiger partial charge in [0.25, 0.3) is 0 Å². The first kappa shape index (κ1) is 21.0. The van der Waals surface area contributed by atoms with Crippen molar-refractivity contribution in [3.8, 4) is 0 Å². The molecular weight excluding hydrogens is 355 g/mol. The van der Waals surface area contributed by atoms with E-state index in [4.69, 9.17) is 0 Å². The summed E-state index contributed by atoms with van der Waals surface area (Å²) in [6.45, 7) is 6.65. The van der Waals surface area contributed by atoms with Gasteiger partial charge in [0.15, 0.2) is 5.78 Å². The van der Waals surface area contributed by atoms with Crippen LogP contribution in [0.1, 0.15) is 72.1 Å². The molecule has 4 aliphatic carbocycles. The molecule has 3 fully saturated rings. The number of allylic oxidation sites excluding steroid dienone is 1. The third-order valence-electron chi connectivity index (χ3n) is 8.45. The number of fused-ring (bicyclic) bond motifs is 5. The first-order valence-corrected chi connectivity index (χ1v) is 9.60. The van der Waals surface area contributed by atoms with Gasteiger partial charge in [-0.15, -0.1) is 24.8 Å². The standard InChI is InChI=1S/C21H30O2.2ClH/c1-13(22)17-6-7-18-16-5-4-14-12-15(23)8-10-20(14,2)19(16)9-11-21(17,18)3;;/h12,16-19H,4-11H2,1-3H3;2*1H/t16-,17+,18-,19-,20-,21+;;/m0../s1. The minimum absolute atomic E-state index is 0. The molecule has 3 saturated carbocycles. The van der Waals surface area contributed by atoms with E-state index in [9.17, 15) is 9.59 Å². The number of rotatable bonds is 1. The molecule has 25 heavy (non-hydrogen) atoms. The van der Waals surface area contributed by atoms with Crippen molar-refractivity contribution in [3.05, 3.63) is 11.6 Å². The van der Waals surface area contributed by atoms with Gasteiger partial charge in [-0.1, -0.05) is 19.4 Å². The summed E-state index contributed by atoms with van der Waals surface area (Å²) in [4.78, 5) is 24.0. The normalized spacial score (nSPS) is 45.1. The Morgan fingerprint density at radius 1 is 1.00 bits per heavy atom. The maximum atomic E-state index is 12.1. The summed E-state index contributed by atoms with van der Waals surface area (Å²) < 4.78 is 0. The van der Waals surface area contributed by atoms with Gasteiger partial charge in [-0.25, -0.2) is 0 Å². The van der Waals surface area contributed by atoms with E-state index in [1.54, 1.807) is 6.92 Å². The molecular formula is C21H32Cl2O2. The second-order valence-electron chi connectivity index (χ2n) is 9.25. The van der Waals surface area contributed by atoms with Crippen molar-refractivity contribution >= 4 is 36.4 Å². The topological polar surface area (TPSA) is 34.1 Å². The summed E-state index contributed by atoms with van der Waals surface area (Å²) >= 11 is 0. The minimum Gasteiger partial charge on any atom is -0.300 e. The largest absolute Gasteiger partial charge is 0.300 e. The molecule has 0 radical (unpaired) electrons. The van der Waals surface area contributed by atoms with Gasteiger partial charge in [-0.05, 0) is 86.5 Å². The van der Waals surface area contributed by atoms with Crippen LogP contribution in [0.5, 0.6) is 0 Å². The van der Waals surface area contributed by atoms with Gasteiger partial charge >= 0.3 is 0 Å². The molecule has 0 spiro atoms. The summed E-state index contributed by atoms with van der Waals surface area (Å²) in [5.74, 6) is 3.29. The molecule has 0 unspecified atom stereocenters. The zero-order valence-electron chi connectivity index (χ0n) is 15.7. The molecule has 0 aromatic carbocycles. The molecule has 6 atom stereocenters. The molecule has 0 aromatic rings. The lowest BCUT2D eigenvalue weighted by atomic mass is 9.47. The van der Waals surface area contributed by atoms with Gasteiger partial charge in [0.2, 0.25) is 0 Å². The number of hydrogen-bond acceptors (Lipinski definition) is 2. The molecule has 4 rings (SSSR count). The van der Waals surface area contributed by atoms with E-state index in [1.807, 2.05) is 6.08 Å². The molecule has 0 saturated heterocycles. The molecule has 2 nitrogen and oxygen atoms in total. The Bertz CT molecular complexity index is 599. The summed E-state index contributed by atoms with van der Waals surface area (Å²) in [5, 5.41) is 0. The van der Waals surface area contributed by atoms with Crippen LogP contribution < -0.4 is 0 Å². The summed E-state index contributed by atoms with van der Waals surface area (Å²) in [7, 11) is 0. The van der Waals surface area contributed by atoms with E-state index in [1.165, 1.54) is 31.3 Å². The summed E-state index contributed by atoms with van der Waals surface area (Å²) in [6.07, 6.45) is 10.9. The average molecular weight is 387 g/mol. The quantitative estimate of drug-likeness (QED) is 0.590. The van der Waals surface area contributed by atoms with Gasteiger partial charge in [-0.2, -0.15) is 0 Å². The van der Waals surface area contributed by atoms with Crippen LogP contribution in [-0.2, 0) is 9.59 Å². The lowest BCUT2D eigenvalue weighted by molar-refractivity contribution is -0.128. The molecule has 0 aromatic heterocycles. The van der Waals surface area contributed by atoms with E-state index in [2.05, 4.69) is 13.8 Å². The van der Waals surface area contributed by atoms with Crippen molar-refractivity contribution in [2.24, 2.45) is 34.5 Å². The second kappa shape index (κ2) is 7.00. The molecule has 0 bridgehead atoms. The Balaban J connectivity index is 0.00000113. The predicted octanol–water partition coefficient (Wildman–Crippen LogP) is 5.57. The lowest BCUT2D eigenvalue weighted by Gasteiger charge is -2.58. The van der Waals surface area contributed by atoms with E-state index in [-0.39, 0.29) is 35.6 Å². The van der Waals surface area contributed by atoms with Crippen molar-refractivity contribution in [2.75, 3.05) is 0 Å². The molecule has 4 aliphatic rings. The second-order valence-corrected chi connectivity index (χ2v) is 9.25. The van der Waals surface area contributed by atoms with Gasteiger partial charge in [0, 0.05) is 12.3 Å². The fraction of sp³-hybridized carbons (Fsp3) is 0.810. The molecule has 0 N–H and O–H groups in total. The number of ketones is 2. The minimum atomic E-state index is 0. The van der Waals surface area contributed by atoms with Gasteiger partial charge < -0.3 is 0 Å². The molecule has 0 heterocycles. The van der Waals surface area contributed by atoms with Crippen LogP contribution in [-0.4, -0.2) is 11.6 Å². The van der Waals surface area contributed by atoms with E-state index >= 15 is 0 Å². The molecule has 0 aliphatic heterocycles. The monoisotopic (exact) mass is 386 g/mol. The highest BCUT2D eigenvalue weighted by molar-refractivity contribution is 5.91. The third kappa shape index (κ3) is 2.92. The molecule has 142 valence electrons. The van der Waals surface area contributed by atoms with Crippen molar-refractivity contribution < 1.29 is 9.59 Å².